The van der Waals surface area contributed by atoms with Crippen LogP contribution in [0.15, 0.2) is 51.3 Å². The molecule has 0 spiro atoms. The second-order valence-electron chi connectivity index (χ2n) is 6.07. The summed E-state index contributed by atoms with van der Waals surface area (Å²) in [7, 11) is 0. The molecule has 1 aromatic heterocycles. The van der Waals surface area contributed by atoms with Crippen LogP contribution in [0.4, 0.5) is 4.39 Å². The molecule has 0 amide bonds. The molecule has 1 aromatic carbocycles. The monoisotopic (exact) mass is 345 g/mol. The van der Waals surface area contributed by atoms with Gasteiger partial charge in [0.2, 0.25) is 0 Å². The topological polar surface area (TPSA) is 65.6 Å². The smallest absolute Gasteiger partial charge is 0.331 e. The predicted molar refractivity (Wildman–Crippen MR) is 92.3 cm³/mol. The maximum atomic E-state index is 13.0. The van der Waals surface area contributed by atoms with Crippen molar-refractivity contribution in [2.24, 2.45) is 5.16 Å². The fourth-order valence-electron chi connectivity index (χ4n) is 2.78. The maximum Gasteiger partial charge on any atom is 0.331 e. The summed E-state index contributed by atoms with van der Waals surface area (Å²) < 4.78 is 15.7. The summed E-state index contributed by atoms with van der Waals surface area (Å²) in [4.78, 5) is 29.7. The van der Waals surface area contributed by atoms with Crippen molar-refractivity contribution in [1.29, 1.82) is 0 Å². The molecule has 132 valence electrons. The number of halogens is 1. The molecule has 1 unspecified atom stereocenters. The van der Waals surface area contributed by atoms with Gasteiger partial charge in [-0.15, -0.1) is 0 Å². The SMILES string of the molecule is CCCCn1c(=O)ccn(CC2CC(c3ccc(F)cc3)=NO2)c1=O. The Morgan fingerprint density at radius 1 is 1.24 bits per heavy atom. The second kappa shape index (κ2) is 7.46. The molecule has 7 heteroatoms. The third-order valence-corrected chi connectivity index (χ3v) is 4.19. The molecule has 0 fully saturated rings. The predicted octanol–water partition coefficient (Wildman–Crippen LogP) is 2.14. The van der Waals surface area contributed by atoms with Crippen molar-refractivity contribution >= 4 is 5.71 Å². The summed E-state index contributed by atoms with van der Waals surface area (Å²) in [5.74, 6) is -0.305. The zero-order valence-electron chi connectivity index (χ0n) is 14.0. The van der Waals surface area contributed by atoms with Crippen LogP contribution < -0.4 is 11.2 Å². The lowest BCUT2D eigenvalue weighted by atomic mass is 10.1. The first-order valence-electron chi connectivity index (χ1n) is 8.37. The van der Waals surface area contributed by atoms with Gasteiger partial charge in [-0.2, -0.15) is 0 Å². The lowest BCUT2D eigenvalue weighted by molar-refractivity contribution is 0.0710. The molecular formula is C18H20FN3O3. The highest BCUT2D eigenvalue weighted by atomic mass is 19.1. The number of aromatic nitrogens is 2. The molecular weight excluding hydrogens is 325 g/mol. The van der Waals surface area contributed by atoms with E-state index in [4.69, 9.17) is 4.84 Å². The van der Waals surface area contributed by atoms with E-state index in [0.29, 0.717) is 19.5 Å². The Bertz CT molecular complexity index is 884. The van der Waals surface area contributed by atoms with Crippen LogP contribution in [0.2, 0.25) is 0 Å². The Hall–Kier alpha value is -2.70. The lowest BCUT2D eigenvalue weighted by Gasteiger charge is -2.12. The Labute approximate surface area is 144 Å². The normalized spacial score (nSPS) is 16.6. The molecule has 6 nitrogen and oxygen atoms in total. The summed E-state index contributed by atoms with van der Waals surface area (Å²) in [6.07, 6.45) is 3.39. The minimum atomic E-state index is -0.334. The van der Waals surface area contributed by atoms with Gasteiger partial charge in [-0.05, 0) is 24.1 Å². The van der Waals surface area contributed by atoms with Crippen LogP contribution in [0.5, 0.6) is 0 Å². The highest BCUT2D eigenvalue weighted by Crippen LogP contribution is 2.18. The average molecular weight is 345 g/mol. The van der Waals surface area contributed by atoms with E-state index in [1.807, 2.05) is 6.92 Å². The number of hydrogen-bond donors (Lipinski definition) is 0. The summed E-state index contributed by atoms with van der Waals surface area (Å²) in [5, 5.41) is 4.04. The van der Waals surface area contributed by atoms with Gasteiger partial charge in [0.05, 0.1) is 12.3 Å². The van der Waals surface area contributed by atoms with Gasteiger partial charge in [0.15, 0.2) is 6.10 Å². The minimum Gasteiger partial charge on any atom is -0.390 e. The van der Waals surface area contributed by atoms with Crippen molar-refractivity contribution in [1.82, 2.24) is 9.13 Å². The van der Waals surface area contributed by atoms with Gasteiger partial charge in [0, 0.05) is 25.2 Å². The molecule has 1 aliphatic heterocycles. The van der Waals surface area contributed by atoms with E-state index in [1.54, 1.807) is 12.1 Å². The summed E-state index contributed by atoms with van der Waals surface area (Å²) in [6, 6.07) is 7.44. The number of rotatable bonds is 6. The van der Waals surface area contributed by atoms with Crippen molar-refractivity contribution in [3.05, 3.63) is 68.7 Å². The Kier molecular flexibility index (Phi) is 5.11. The number of nitrogens with zero attached hydrogens (tertiary/aromatic N) is 3. The van der Waals surface area contributed by atoms with Crippen molar-refractivity contribution in [2.45, 2.75) is 45.4 Å². The van der Waals surface area contributed by atoms with Crippen LogP contribution in [0, 0.1) is 5.82 Å². The second-order valence-corrected chi connectivity index (χ2v) is 6.07. The standard InChI is InChI=1S/C18H20FN3O3/c1-2-3-9-22-17(23)8-10-21(18(22)24)12-15-11-16(20-25-15)13-4-6-14(19)7-5-13/h4-8,10,15H,2-3,9,11-12H2,1H3. The summed E-state index contributed by atoms with van der Waals surface area (Å²) in [6.45, 7) is 2.73. The van der Waals surface area contributed by atoms with E-state index in [1.165, 1.54) is 33.5 Å². The van der Waals surface area contributed by atoms with Gasteiger partial charge in [0.25, 0.3) is 5.56 Å². The van der Waals surface area contributed by atoms with Gasteiger partial charge in [-0.1, -0.05) is 30.6 Å². The minimum absolute atomic E-state index is 0.287. The van der Waals surface area contributed by atoms with Crippen LogP contribution in [-0.2, 0) is 17.9 Å². The number of benzene rings is 1. The van der Waals surface area contributed by atoms with Crippen molar-refractivity contribution in [3.63, 3.8) is 0 Å². The molecule has 1 atom stereocenters. The molecule has 25 heavy (non-hydrogen) atoms. The Morgan fingerprint density at radius 2 is 2.00 bits per heavy atom. The molecule has 2 aromatic rings. The van der Waals surface area contributed by atoms with E-state index < -0.39 is 0 Å². The average Bonchev–Trinajstić information content (AvgIpc) is 3.07. The van der Waals surface area contributed by atoms with E-state index in [-0.39, 0.29) is 23.2 Å². The van der Waals surface area contributed by atoms with Gasteiger partial charge in [-0.3, -0.25) is 13.9 Å². The zero-order chi connectivity index (χ0) is 17.8. The third kappa shape index (κ3) is 3.87. The van der Waals surface area contributed by atoms with Crippen molar-refractivity contribution < 1.29 is 9.23 Å². The summed E-state index contributed by atoms with van der Waals surface area (Å²) in [5.41, 5.74) is 0.895. The zero-order valence-corrected chi connectivity index (χ0v) is 14.0. The van der Waals surface area contributed by atoms with Crippen LogP contribution >= 0.6 is 0 Å². The molecule has 0 radical (unpaired) electrons. The van der Waals surface area contributed by atoms with Crippen LogP contribution in [-0.4, -0.2) is 20.9 Å². The molecule has 0 saturated carbocycles. The first kappa shape index (κ1) is 17.1. The Morgan fingerprint density at radius 3 is 2.72 bits per heavy atom. The van der Waals surface area contributed by atoms with E-state index in [2.05, 4.69) is 5.16 Å². The molecule has 1 aliphatic rings. The lowest BCUT2D eigenvalue weighted by Crippen LogP contribution is -2.40. The highest BCUT2D eigenvalue weighted by molar-refractivity contribution is 6.01. The third-order valence-electron chi connectivity index (χ3n) is 4.19. The fourth-order valence-corrected chi connectivity index (χ4v) is 2.78. The molecule has 0 bridgehead atoms. The molecule has 0 saturated heterocycles. The molecule has 2 heterocycles. The van der Waals surface area contributed by atoms with Crippen LogP contribution in [0.1, 0.15) is 31.7 Å². The van der Waals surface area contributed by atoms with E-state index in [0.717, 1.165) is 24.1 Å². The van der Waals surface area contributed by atoms with Crippen LogP contribution in [0.25, 0.3) is 0 Å². The first-order chi connectivity index (χ1) is 12.1. The molecule has 3 rings (SSSR count). The summed E-state index contributed by atoms with van der Waals surface area (Å²) >= 11 is 0. The number of oxime groups is 1. The van der Waals surface area contributed by atoms with E-state index in [9.17, 15) is 14.0 Å². The van der Waals surface area contributed by atoms with Gasteiger partial charge < -0.3 is 4.84 Å². The number of hydrogen-bond acceptors (Lipinski definition) is 4. The van der Waals surface area contributed by atoms with E-state index >= 15 is 0 Å². The van der Waals surface area contributed by atoms with Gasteiger partial charge >= 0.3 is 5.69 Å². The number of unbranched alkanes of at least 4 members (excludes halogenated alkanes) is 1. The Balaban J connectivity index is 1.71. The van der Waals surface area contributed by atoms with Gasteiger partial charge in [-0.25, -0.2) is 9.18 Å². The largest absolute Gasteiger partial charge is 0.390 e. The first-order valence-corrected chi connectivity index (χ1v) is 8.37. The fraction of sp³-hybridized carbons (Fsp3) is 0.389. The molecule has 0 N–H and O–H groups in total. The van der Waals surface area contributed by atoms with Crippen molar-refractivity contribution in [2.75, 3.05) is 0 Å². The maximum absolute atomic E-state index is 13.0. The van der Waals surface area contributed by atoms with Crippen LogP contribution in [0.3, 0.4) is 0 Å². The quantitative estimate of drug-likeness (QED) is 0.806. The highest BCUT2D eigenvalue weighted by Gasteiger charge is 2.23. The van der Waals surface area contributed by atoms with Gasteiger partial charge in [0.1, 0.15) is 5.82 Å². The molecule has 0 aliphatic carbocycles. The van der Waals surface area contributed by atoms with Crippen molar-refractivity contribution in [3.8, 4) is 0 Å².